The van der Waals surface area contributed by atoms with Crippen molar-refractivity contribution in [3.05, 3.63) is 90.1 Å². The molecular formula is C31H25NO. The molecule has 1 aliphatic carbocycles. The van der Waals surface area contributed by atoms with Gasteiger partial charge >= 0.3 is 0 Å². The van der Waals surface area contributed by atoms with Crippen molar-refractivity contribution in [1.29, 1.82) is 0 Å². The largest absolute Gasteiger partial charge is 0.455 e. The van der Waals surface area contributed by atoms with Crippen molar-refractivity contribution in [3.8, 4) is 11.3 Å². The number of fused-ring (bicyclic) bond motifs is 11. The smallest absolute Gasteiger partial charge is 0.143 e. The van der Waals surface area contributed by atoms with E-state index in [4.69, 9.17) is 9.40 Å². The van der Waals surface area contributed by atoms with Crippen LogP contribution in [0.1, 0.15) is 38.8 Å². The van der Waals surface area contributed by atoms with Crippen LogP contribution < -0.4 is 0 Å². The van der Waals surface area contributed by atoms with Gasteiger partial charge in [0, 0.05) is 44.3 Å². The van der Waals surface area contributed by atoms with Gasteiger partial charge in [-0.2, -0.15) is 0 Å². The number of nitrogens with zero attached hydrogens (tertiary/aromatic N) is 1. The zero-order chi connectivity index (χ0) is 22.5. The van der Waals surface area contributed by atoms with Crippen molar-refractivity contribution in [2.24, 2.45) is 0 Å². The molecule has 2 heterocycles. The maximum Gasteiger partial charge on any atom is 0.143 e. The van der Waals surface area contributed by atoms with Gasteiger partial charge in [-0.3, -0.25) is 4.98 Å². The fourth-order valence-corrected chi connectivity index (χ4v) is 5.98. The lowest BCUT2D eigenvalue weighted by Crippen LogP contribution is -2.43. The van der Waals surface area contributed by atoms with Crippen molar-refractivity contribution in [2.75, 3.05) is 0 Å². The van der Waals surface area contributed by atoms with Crippen LogP contribution in [0.15, 0.2) is 83.4 Å². The minimum Gasteiger partial charge on any atom is -0.455 e. The summed E-state index contributed by atoms with van der Waals surface area (Å²) in [6.45, 7) is 9.36. The highest BCUT2D eigenvalue weighted by atomic mass is 16.3. The molecule has 0 aliphatic heterocycles. The molecule has 0 amide bonds. The lowest BCUT2D eigenvalue weighted by Gasteiger charge is -2.47. The Kier molecular flexibility index (Phi) is 3.44. The van der Waals surface area contributed by atoms with E-state index in [9.17, 15) is 0 Å². The molecule has 0 N–H and O–H groups in total. The highest BCUT2D eigenvalue weighted by Crippen LogP contribution is 2.56. The molecule has 0 spiro atoms. The number of hydrogen-bond donors (Lipinski definition) is 0. The molecule has 2 aromatic heterocycles. The summed E-state index contributed by atoms with van der Waals surface area (Å²) in [5.41, 5.74) is 6.59. The molecule has 6 aromatic rings. The Bertz CT molecular complexity index is 1770. The highest BCUT2D eigenvalue weighted by molar-refractivity contribution is 6.21. The van der Waals surface area contributed by atoms with Crippen LogP contribution in [-0.2, 0) is 10.8 Å². The van der Waals surface area contributed by atoms with Crippen LogP contribution in [0, 0.1) is 0 Å². The van der Waals surface area contributed by atoms with E-state index < -0.39 is 0 Å². The van der Waals surface area contributed by atoms with Crippen molar-refractivity contribution in [1.82, 2.24) is 4.98 Å². The Labute approximate surface area is 192 Å². The standard InChI is InChI=1S/C31H25NO/c1-30(2)25-10-7-17-32-27(25)24-16-15-23-22-14-13-20-19-9-6-5-8-18(19)11-12-21(20)28(22)33-29(23)26(24)31(30,3)4/h5-17H,1-4H3. The normalized spacial score (nSPS) is 16.4. The first-order valence-electron chi connectivity index (χ1n) is 11.7. The first kappa shape index (κ1) is 18.9. The third-order valence-corrected chi connectivity index (χ3v) is 8.45. The molecule has 4 aromatic carbocycles. The van der Waals surface area contributed by atoms with Gasteiger partial charge in [0.05, 0.1) is 5.69 Å². The van der Waals surface area contributed by atoms with Crippen LogP contribution in [0.4, 0.5) is 0 Å². The van der Waals surface area contributed by atoms with Crippen LogP contribution in [-0.4, -0.2) is 4.98 Å². The second kappa shape index (κ2) is 6.02. The zero-order valence-corrected chi connectivity index (χ0v) is 19.4. The molecule has 2 heteroatoms. The number of aromatic nitrogens is 1. The Morgan fingerprint density at radius 1 is 0.606 bits per heavy atom. The Morgan fingerprint density at radius 2 is 1.30 bits per heavy atom. The van der Waals surface area contributed by atoms with Crippen LogP contribution in [0.5, 0.6) is 0 Å². The van der Waals surface area contributed by atoms with E-state index in [2.05, 4.69) is 100 Å². The van der Waals surface area contributed by atoms with E-state index in [0.29, 0.717) is 0 Å². The van der Waals surface area contributed by atoms with E-state index in [1.807, 2.05) is 6.20 Å². The molecule has 160 valence electrons. The van der Waals surface area contributed by atoms with Gasteiger partial charge in [-0.05, 0) is 46.0 Å². The topological polar surface area (TPSA) is 26.0 Å². The van der Waals surface area contributed by atoms with Crippen molar-refractivity contribution < 1.29 is 4.42 Å². The highest BCUT2D eigenvalue weighted by Gasteiger charge is 2.48. The predicted octanol–water partition coefficient (Wildman–Crippen LogP) is 8.52. The van der Waals surface area contributed by atoms with Gasteiger partial charge in [0.1, 0.15) is 11.2 Å². The quantitative estimate of drug-likeness (QED) is 0.227. The number of rotatable bonds is 0. The van der Waals surface area contributed by atoms with Crippen molar-refractivity contribution >= 4 is 43.5 Å². The molecule has 33 heavy (non-hydrogen) atoms. The number of benzene rings is 4. The maximum atomic E-state index is 6.83. The molecule has 0 radical (unpaired) electrons. The number of pyridine rings is 1. The first-order chi connectivity index (χ1) is 15.9. The van der Waals surface area contributed by atoms with E-state index in [0.717, 1.165) is 16.9 Å². The minimum atomic E-state index is -0.131. The summed E-state index contributed by atoms with van der Waals surface area (Å²) in [6, 6.07) is 26.2. The summed E-state index contributed by atoms with van der Waals surface area (Å²) < 4.78 is 6.83. The predicted molar refractivity (Wildman–Crippen MR) is 138 cm³/mol. The molecular weight excluding hydrogens is 402 g/mol. The molecule has 2 nitrogen and oxygen atoms in total. The SMILES string of the molecule is CC1(C)c2cccnc2-c2ccc3c(oc4c3ccc3c5ccccc5ccc34)c2C1(C)C. The molecule has 0 bridgehead atoms. The molecule has 0 unspecified atom stereocenters. The maximum absolute atomic E-state index is 6.83. The summed E-state index contributed by atoms with van der Waals surface area (Å²) in [6.07, 6.45) is 1.90. The second-order valence-electron chi connectivity index (χ2n) is 10.4. The van der Waals surface area contributed by atoms with Gasteiger partial charge in [0.25, 0.3) is 0 Å². The summed E-state index contributed by atoms with van der Waals surface area (Å²) in [4.78, 5) is 4.82. The van der Waals surface area contributed by atoms with Gasteiger partial charge < -0.3 is 4.42 Å². The number of hydrogen-bond acceptors (Lipinski definition) is 2. The average molecular weight is 428 g/mol. The Balaban J connectivity index is 1.65. The summed E-state index contributed by atoms with van der Waals surface area (Å²) in [5.74, 6) is 0. The van der Waals surface area contributed by atoms with E-state index in [-0.39, 0.29) is 10.8 Å². The second-order valence-corrected chi connectivity index (χ2v) is 10.4. The monoisotopic (exact) mass is 427 g/mol. The third kappa shape index (κ3) is 2.21. The van der Waals surface area contributed by atoms with Crippen molar-refractivity contribution in [2.45, 2.75) is 38.5 Å². The minimum absolute atomic E-state index is 0.0882. The zero-order valence-electron chi connectivity index (χ0n) is 19.4. The van der Waals surface area contributed by atoms with Gasteiger partial charge in [-0.1, -0.05) is 76.2 Å². The first-order valence-corrected chi connectivity index (χ1v) is 11.7. The third-order valence-electron chi connectivity index (χ3n) is 8.45. The molecule has 0 saturated heterocycles. The van der Waals surface area contributed by atoms with Crippen LogP contribution in [0.3, 0.4) is 0 Å². The van der Waals surface area contributed by atoms with E-state index >= 15 is 0 Å². The fraction of sp³-hybridized carbons (Fsp3) is 0.194. The van der Waals surface area contributed by atoms with Crippen LogP contribution in [0.2, 0.25) is 0 Å². The molecule has 0 saturated carbocycles. The molecule has 7 rings (SSSR count). The van der Waals surface area contributed by atoms with Gasteiger partial charge in [0.15, 0.2) is 0 Å². The molecule has 0 atom stereocenters. The fourth-order valence-electron chi connectivity index (χ4n) is 5.98. The van der Waals surface area contributed by atoms with Crippen LogP contribution in [0.25, 0.3) is 54.7 Å². The van der Waals surface area contributed by atoms with Gasteiger partial charge in [-0.15, -0.1) is 0 Å². The average Bonchev–Trinajstić information content (AvgIpc) is 3.21. The van der Waals surface area contributed by atoms with E-state index in [1.54, 1.807) is 0 Å². The number of furan rings is 1. The summed E-state index contributed by atoms with van der Waals surface area (Å²) in [5, 5.41) is 7.28. The Morgan fingerprint density at radius 3 is 2.18 bits per heavy atom. The van der Waals surface area contributed by atoms with Crippen molar-refractivity contribution in [3.63, 3.8) is 0 Å². The molecule has 1 aliphatic rings. The van der Waals surface area contributed by atoms with Gasteiger partial charge in [-0.25, -0.2) is 0 Å². The van der Waals surface area contributed by atoms with E-state index in [1.165, 1.54) is 49.0 Å². The lowest BCUT2D eigenvalue weighted by atomic mass is 9.56. The van der Waals surface area contributed by atoms with Crippen LogP contribution >= 0.6 is 0 Å². The Hall–Kier alpha value is -3.65. The summed E-state index contributed by atoms with van der Waals surface area (Å²) in [7, 11) is 0. The summed E-state index contributed by atoms with van der Waals surface area (Å²) >= 11 is 0. The van der Waals surface area contributed by atoms with Gasteiger partial charge in [0.2, 0.25) is 0 Å². The molecule has 0 fully saturated rings. The lowest BCUT2D eigenvalue weighted by molar-refractivity contribution is 0.298.